The van der Waals surface area contributed by atoms with Crippen molar-refractivity contribution in [3.8, 4) is 34.5 Å². The number of methoxy groups -OCH3 is 3. The Morgan fingerprint density at radius 1 is 1.00 bits per heavy atom. The normalized spacial score (nSPS) is 11.0. The molecule has 0 fully saturated rings. The molecule has 0 aliphatic rings. The van der Waals surface area contributed by atoms with E-state index in [9.17, 15) is 0 Å². The number of H-pyrrole nitrogens is 1. The third kappa shape index (κ3) is 4.38. The Morgan fingerprint density at radius 2 is 1.77 bits per heavy atom. The zero-order valence-corrected chi connectivity index (χ0v) is 18.4. The second kappa shape index (κ2) is 9.17. The predicted molar refractivity (Wildman–Crippen MR) is 116 cm³/mol. The van der Waals surface area contributed by atoms with Crippen molar-refractivity contribution >= 4 is 22.8 Å². The Kier molecular flexibility index (Phi) is 6.17. The first kappa shape index (κ1) is 20.9. The van der Waals surface area contributed by atoms with Crippen LogP contribution >= 0.6 is 11.8 Å². The Balaban J connectivity index is 1.50. The zero-order chi connectivity index (χ0) is 21.8. The summed E-state index contributed by atoms with van der Waals surface area (Å²) in [5, 5.41) is 9.05. The molecule has 2 heterocycles. The minimum atomic E-state index is 0.362. The van der Waals surface area contributed by atoms with E-state index in [1.807, 2.05) is 25.1 Å². The number of hydrogen-bond acceptors (Lipinski definition) is 9. The lowest BCUT2D eigenvalue weighted by atomic mass is 10.2. The third-order valence-electron chi connectivity index (χ3n) is 4.45. The van der Waals surface area contributed by atoms with Gasteiger partial charge in [-0.3, -0.25) is 0 Å². The van der Waals surface area contributed by atoms with Gasteiger partial charge in [-0.05, 0) is 31.2 Å². The van der Waals surface area contributed by atoms with E-state index < -0.39 is 0 Å². The molecular formula is C21H22N4O5S. The van der Waals surface area contributed by atoms with Crippen LogP contribution in [-0.4, -0.2) is 48.1 Å². The fourth-order valence-corrected chi connectivity index (χ4v) is 3.78. The molecule has 0 amide bonds. The molecule has 4 aromatic rings. The third-order valence-corrected chi connectivity index (χ3v) is 5.31. The molecule has 0 bridgehead atoms. The van der Waals surface area contributed by atoms with Gasteiger partial charge in [0, 0.05) is 11.6 Å². The summed E-state index contributed by atoms with van der Waals surface area (Å²) >= 11 is 1.48. The van der Waals surface area contributed by atoms with Gasteiger partial charge in [-0.15, -0.1) is 10.2 Å². The number of aromatic amines is 1. The predicted octanol–water partition coefficient (Wildman–Crippen LogP) is 4.33. The molecule has 1 N–H and O–H groups in total. The molecule has 9 nitrogen and oxygen atoms in total. The average molecular weight is 442 g/mol. The lowest BCUT2D eigenvalue weighted by Crippen LogP contribution is -1.95. The molecule has 2 aromatic heterocycles. The fourth-order valence-electron chi connectivity index (χ4n) is 3.05. The molecule has 31 heavy (non-hydrogen) atoms. The van der Waals surface area contributed by atoms with Crippen LogP contribution in [0.2, 0.25) is 0 Å². The second-order valence-electron chi connectivity index (χ2n) is 6.36. The summed E-state index contributed by atoms with van der Waals surface area (Å²) in [7, 11) is 4.67. The molecule has 10 heteroatoms. The average Bonchev–Trinajstić information content (AvgIpc) is 3.43. The van der Waals surface area contributed by atoms with Crippen LogP contribution in [-0.2, 0) is 5.75 Å². The van der Waals surface area contributed by atoms with E-state index in [2.05, 4.69) is 20.2 Å². The maximum atomic E-state index is 5.83. The molecular weight excluding hydrogens is 420 g/mol. The first-order valence-electron chi connectivity index (χ1n) is 9.53. The van der Waals surface area contributed by atoms with Gasteiger partial charge in [-0.2, -0.15) is 0 Å². The minimum Gasteiger partial charge on any atom is -0.494 e. The summed E-state index contributed by atoms with van der Waals surface area (Å²) in [6, 6.07) is 9.30. The molecule has 0 aliphatic heterocycles. The lowest BCUT2D eigenvalue weighted by Gasteiger charge is -2.12. The van der Waals surface area contributed by atoms with Crippen molar-refractivity contribution in [1.82, 2.24) is 20.2 Å². The Morgan fingerprint density at radius 3 is 2.45 bits per heavy atom. The van der Waals surface area contributed by atoms with E-state index >= 15 is 0 Å². The van der Waals surface area contributed by atoms with Gasteiger partial charge in [-0.25, -0.2) is 4.98 Å². The number of aromatic nitrogens is 4. The Bertz CT molecular complexity index is 1160. The van der Waals surface area contributed by atoms with Crippen LogP contribution < -0.4 is 18.9 Å². The van der Waals surface area contributed by atoms with Crippen LogP contribution in [0.3, 0.4) is 0 Å². The Hall–Kier alpha value is -3.40. The van der Waals surface area contributed by atoms with Crippen molar-refractivity contribution in [3.63, 3.8) is 0 Å². The summed E-state index contributed by atoms with van der Waals surface area (Å²) in [5.74, 6) is 3.64. The number of benzene rings is 2. The zero-order valence-electron chi connectivity index (χ0n) is 17.6. The van der Waals surface area contributed by atoms with Crippen molar-refractivity contribution < 1.29 is 23.4 Å². The summed E-state index contributed by atoms with van der Waals surface area (Å²) < 4.78 is 27.5. The van der Waals surface area contributed by atoms with E-state index in [1.165, 1.54) is 11.8 Å². The van der Waals surface area contributed by atoms with E-state index in [1.54, 1.807) is 33.5 Å². The van der Waals surface area contributed by atoms with E-state index in [0.717, 1.165) is 21.9 Å². The molecule has 4 rings (SSSR count). The molecule has 0 saturated heterocycles. The Labute approximate surface area is 183 Å². The molecule has 0 atom stereocenters. The van der Waals surface area contributed by atoms with Crippen LogP contribution in [0, 0.1) is 0 Å². The maximum Gasteiger partial charge on any atom is 0.248 e. The highest BCUT2D eigenvalue weighted by atomic mass is 32.2. The monoisotopic (exact) mass is 442 g/mol. The second-order valence-corrected chi connectivity index (χ2v) is 7.32. The molecule has 162 valence electrons. The molecule has 0 radical (unpaired) electrons. The van der Waals surface area contributed by atoms with Gasteiger partial charge in [-0.1, -0.05) is 11.8 Å². The van der Waals surface area contributed by atoms with Gasteiger partial charge in [0.25, 0.3) is 0 Å². The summed E-state index contributed by atoms with van der Waals surface area (Å²) in [5.41, 5.74) is 2.46. The molecule has 0 aliphatic carbocycles. The van der Waals surface area contributed by atoms with Gasteiger partial charge in [0.05, 0.1) is 44.7 Å². The van der Waals surface area contributed by atoms with Gasteiger partial charge < -0.3 is 28.3 Å². The topological polar surface area (TPSA) is 105 Å². The number of nitrogens with zero attached hydrogens (tertiary/aromatic N) is 3. The summed E-state index contributed by atoms with van der Waals surface area (Å²) in [6.45, 7) is 2.57. The number of fused-ring (bicyclic) bond motifs is 1. The first-order chi connectivity index (χ1) is 15.1. The number of ether oxygens (including phenoxy) is 4. The highest BCUT2D eigenvalue weighted by Gasteiger charge is 2.18. The van der Waals surface area contributed by atoms with Crippen LogP contribution in [0.25, 0.3) is 22.5 Å². The minimum absolute atomic E-state index is 0.362. The highest BCUT2D eigenvalue weighted by Crippen LogP contribution is 2.41. The van der Waals surface area contributed by atoms with Gasteiger partial charge in [0.1, 0.15) is 5.75 Å². The lowest BCUT2D eigenvalue weighted by molar-refractivity contribution is 0.324. The quantitative estimate of drug-likeness (QED) is 0.379. The van der Waals surface area contributed by atoms with Crippen molar-refractivity contribution in [2.45, 2.75) is 17.8 Å². The summed E-state index contributed by atoms with van der Waals surface area (Å²) in [4.78, 5) is 7.85. The maximum absolute atomic E-state index is 5.83. The SMILES string of the molecule is CCOc1ccc2nc(SCc3nnc(-c4cc(OC)c(OC)c(OC)c4)o3)[nH]c2c1. The van der Waals surface area contributed by atoms with Gasteiger partial charge in [0.2, 0.25) is 17.5 Å². The largest absolute Gasteiger partial charge is 0.494 e. The number of hydrogen-bond donors (Lipinski definition) is 1. The number of nitrogens with one attached hydrogen (secondary N) is 1. The van der Waals surface area contributed by atoms with E-state index in [0.29, 0.717) is 47.0 Å². The van der Waals surface area contributed by atoms with Crippen molar-refractivity contribution in [3.05, 3.63) is 36.2 Å². The standard InChI is InChI=1S/C21H22N4O5S/c1-5-29-13-6-7-14-15(10-13)23-21(22-14)31-11-18-24-25-20(30-18)12-8-16(26-2)19(28-4)17(9-12)27-3/h6-10H,5,11H2,1-4H3,(H,22,23). The van der Waals surface area contributed by atoms with Crippen molar-refractivity contribution in [1.29, 1.82) is 0 Å². The molecule has 0 spiro atoms. The smallest absolute Gasteiger partial charge is 0.248 e. The van der Waals surface area contributed by atoms with Gasteiger partial charge >= 0.3 is 0 Å². The summed E-state index contributed by atoms with van der Waals surface area (Å²) in [6.07, 6.45) is 0. The number of imidazole rings is 1. The van der Waals surface area contributed by atoms with E-state index in [4.69, 9.17) is 23.4 Å². The van der Waals surface area contributed by atoms with E-state index in [-0.39, 0.29) is 0 Å². The number of rotatable bonds is 9. The van der Waals surface area contributed by atoms with Crippen LogP contribution in [0.15, 0.2) is 39.9 Å². The van der Waals surface area contributed by atoms with Crippen LogP contribution in [0.4, 0.5) is 0 Å². The fraction of sp³-hybridized carbons (Fsp3) is 0.286. The first-order valence-corrected chi connectivity index (χ1v) is 10.5. The molecule has 2 aromatic carbocycles. The molecule has 0 saturated carbocycles. The van der Waals surface area contributed by atoms with Crippen molar-refractivity contribution in [2.24, 2.45) is 0 Å². The molecule has 0 unspecified atom stereocenters. The highest BCUT2D eigenvalue weighted by molar-refractivity contribution is 7.98. The number of thioether (sulfide) groups is 1. The van der Waals surface area contributed by atoms with Crippen molar-refractivity contribution in [2.75, 3.05) is 27.9 Å². The van der Waals surface area contributed by atoms with Crippen LogP contribution in [0.5, 0.6) is 23.0 Å². The van der Waals surface area contributed by atoms with Gasteiger partial charge in [0.15, 0.2) is 16.7 Å². The van der Waals surface area contributed by atoms with Crippen LogP contribution in [0.1, 0.15) is 12.8 Å².